The molecule has 0 spiro atoms. The number of non-ortho nitro benzene ring substituents is 1. The third-order valence-corrected chi connectivity index (χ3v) is 3.50. The summed E-state index contributed by atoms with van der Waals surface area (Å²) in [7, 11) is 3.26. The van der Waals surface area contributed by atoms with Crippen molar-refractivity contribution in [3.05, 3.63) is 39.4 Å². The van der Waals surface area contributed by atoms with Crippen LogP contribution in [0.3, 0.4) is 0 Å². The number of hydrogen-bond donors (Lipinski definition) is 1. The average Bonchev–Trinajstić information content (AvgIpc) is 2.94. The first kappa shape index (κ1) is 13.9. The van der Waals surface area contributed by atoms with Gasteiger partial charge in [0.05, 0.1) is 4.92 Å². The molecule has 0 unspecified atom stereocenters. The Morgan fingerprint density at radius 1 is 1.35 bits per heavy atom. The number of aromatic nitrogens is 2. The van der Waals surface area contributed by atoms with E-state index in [1.165, 1.54) is 29.2 Å². The van der Waals surface area contributed by atoms with E-state index in [0.29, 0.717) is 10.8 Å². The molecule has 8 nitrogen and oxygen atoms in total. The van der Waals surface area contributed by atoms with Gasteiger partial charge in [0.1, 0.15) is 0 Å². The Balaban J connectivity index is 2.19. The summed E-state index contributed by atoms with van der Waals surface area (Å²) >= 11 is 1.14. The molecule has 2 aromatic rings. The van der Waals surface area contributed by atoms with Gasteiger partial charge < -0.3 is 10.2 Å². The number of nitrogens with zero attached hydrogens (tertiary/aromatic N) is 4. The van der Waals surface area contributed by atoms with Gasteiger partial charge in [0.2, 0.25) is 10.1 Å². The van der Waals surface area contributed by atoms with Crippen molar-refractivity contribution in [1.82, 2.24) is 10.2 Å². The van der Waals surface area contributed by atoms with Crippen molar-refractivity contribution in [1.29, 1.82) is 0 Å². The van der Waals surface area contributed by atoms with Crippen LogP contribution >= 0.6 is 11.3 Å². The number of benzene rings is 1. The zero-order valence-corrected chi connectivity index (χ0v) is 11.5. The van der Waals surface area contributed by atoms with Crippen LogP contribution in [-0.4, -0.2) is 35.1 Å². The van der Waals surface area contributed by atoms with Gasteiger partial charge in [0.15, 0.2) is 0 Å². The number of hydrogen-bond acceptors (Lipinski definition) is 7. The molecule has 0 atom stereocenters. The van der Waals surface area contributed by atoms with Gasteiger partial charge in [-0.2, -0.15) is 0 Å². The molecule has 1 aromatic heterocycles. The maximum atomic E-state index is 12.2. The Hall–Kier alpha value is -2.55. The lowest BCUT2D eigenvalue weighted by atomic mass is 10.2. The minimum atomic E-state index is -0.491. The highest BCUT2D eigenvalue weighted by atomic mass is 32.1. The number of nitro benzene ring substituents is 1. The highest BCUT2D eigenvalue weighted by Gasteiger charge is 2.19. The first-order valence-corrected chi connectivity index (χ1v) is 6.38. The van der Waals surface area contributed by atoms with E-state index in [9.17, 15) is 14.9 Å². The van der Waals surface area contributed by atoms with Gasteiger partial charge in [-0.25, -0.2) is 0 Å². The molecule has 0 saturated heterocycles. The second-order valence-corrected chi connectivity index (χ2v) is 4.78. The number of carbonyl (C=O) groups excluding carboxylic acids is 1. The van der Waals surface area contributed by atoms with Gasteiger partial charge in [-0.1, -0.05) is 11.3 Å². The molecule has 0 saturated carbocycles. The van der Waals surface area contributed by atoms with Gasteiger partial charge in [0.25, 0.3) is 11.6 Å². The molecule has 1 heterocycles. The lowest BCUT2D eigenvalue weighted by molar-refractivity contribution is -0.384. The van der Waals surface area contributed by atoms with E-state index in [0.717, 1.165) is 11.3 Å². The first-order chi connectivity index (χ1) is 9.52. The monoisotopic (exact) mass is 293 g/mol. The number of anilines is 2. The molecule has 0 aliphatic carbocycles. The number of nitro groups is 1. The zero-order valence-electron chi connectivity index (χ0n) is 10.7. The molecule has 104 valence electrons. The predicted molar refractivity (Wildman–Crippen MR) is 75.3 cm³/mol. The molecule has 9 heteroatoms. The van der Waals surface area contributed by atoms with E-state index in [2.05, 4.69) is 15.5 Å². The van der Waals surface area contributed by atoms with Gasteiger partial charge in [-0.15, -0.1) is 10.2 Å². The van der Waals surface area contributed by atoms with Crippen molar-refractivity contribution >= 4 is 33.8 Å². The molecule has 20 heavy (non-hydrogen) atoms. The van der Waals surface area contributed by atoms with E-state index in [1.807, 2.05) is 0 Å². The van der Waals surface area contributed by atoms with Crippen LogP contribution in [0.15, 0.2) is 24.3 Å². The molecule has 0 aliphatic rings. The summed E-state index contributed by atoms with van der Waals surface area (Å²) in [6, 6.07) is 5.71. The van der Waals surface area contributed by atoms with E-state index in [1.54, 1.807) is 14.1 Å². The SMILES string of the molecule is CNc1nnc(C(=O)N(C)c2ccc([N+](=O)[O-])cc2)s1. The van der Waals surface area contributed by atoms with Crippen LogP contribution in [0.4, 0.5) is 16.5 Å². The number of amides is 1. The number of carbonyl (C=O) groups is 1. The van der Waals surface area contributed by atoms with Gasteiger partial charge in [-0.05, 0) is 12.1 Å². The summed E-state index contributed by atoms with van der Waals surface area (Å²) in [5, 5.41) is 21.7. The first-order valence-electron chi connectivity index (χ1n) is 5.56. The van der Waals surface area contributed by atoms with Crippen LogP contribution in [0.5, 0.6) is 0 Å². The molecule has 1 aromatic carbocycles. The van der Waals surface area contributed by atoms with Crippen LogP contribution in [0.2, 0.25) is 0 Å². The fourth-order valence-electron chi connectivity index (χ4n) is 1.47. The maximum absolute atomic E-state index is 12.2. The Morgan fingerprint density at radius 2 is 2.00 bits per heavy atom. The Bertz CT molecular complexity index is 640. The second kappa shape index (κ2) is 5.61. The lowest BCUT2D eigenvalue weighted by Crippen LogP contribution is -2.26. The molecule has 0 aliphatic heterocycles. The number of nitrogens with one attached hydrogen (secondary N) is 1. The fourth-order valence-corrected chi connectivity index (χ4v) is 2.14. The molecule has 0 fully saturated rings. The Morgan fingerprint density at radius 3 is 2.50 bits per heavy atom. The third-order valence-electron chi connectivity index (χ3n) is 2.57. The van der Waals surface area contributed by atoms with Crippen LogP contribution in [0.25, 0.3) is 0 Å². The molecule has 1 amide bonds. The Kier molecular flexibility index (Phi) is 3.89. The zero-order chi connectivity index (χ0) is 14.7. The van der Waals surface area contributed by atoms with Gasteiger partial charge in [-0.3, -0.25) is 14.9 Å². The summed E-state index contributed by atoms with van der Waals surface area (Å²) in [5.41, 5.74) is 0.518. The van der Waals surface area contributed by atoms with E-state index in [4.69, 9.17) is 0 Å². The Labute approximate surface area is 118 Å². The molecule has 0 radical (unpaired) electrons. The normalized spacial score (nSPS) is 10.1. The van der Waals surface area contributed by atoms with Crippen LogP contribution in [0, 0.1) is 10.1 Å². The molecule has 2 rings (SSSR count). The smallest absolute Gasteiger partial charge is 0.289 e. The van der Waals surface area contributed by atoms with Crippen molar-refractivity contribution < 1.29 is 9.72 Å². The molecule has 0 bridgehead atoms. The van der Waals surface area contributed by atoms with Crippen LogP contribution in [-0.2, 0) is 0 Å². The van der Waals surface area contributed by atoms with Gasteiger partial charge >= 0.3 is 0 Å². The summed E-state index contributed by atoms with van der Waals surface area (Å²) in [6.45, 7) is 0. The van der Waals surface area contributed by atoms with E-state index in [-0.39, 0.29) is 16.6 Å². The summed E-state index contributed by atoms with van der Waals surface area (Å²) < 4.78 is 0. The largest absolute Gasteiger partial charge is 0.363 e. The third kappa shape index (κ3) is 2.72. The van der Waals surface area contributed by atoms with Gasteiger partial charge in [0, 0.05) is 31.9 Å². The maximum Gasteiger partial charge on any atom is 0.289 e. The topological polar surface area (TPSA) is 101 Å². The van der Waals surface area contributed by atoms with Crippen molar-refractivity contribution in [3.63, 3.8) is 0 Å². The standard InChI is InChI=1S/C11H11N5O3S/c1-12-11-14-13-9(20-11)10(17)15(2)7-3-5-8(6-4-7)16(18)19/h3-6H,1-2H3,(H,12,14). The van der Waals surface area contributed by atoms with Crippen LogP contribution < -0.4 is 10.2 Å². The van der Waals surface area contributed by atoms with Crippen molar-refractivity contribution in [2.75, 3.05) is 24.3 Å². The van der Waals surface area contributed by atoms with Crippen molar-refractivity contribution in [2.24, 2.45) is 0 Å². The fraction of sp³-hybridized carbons (Fsp3) is 0.182. The lowest BCUT2D eigenvalue weighted by Gasteiger charge is -2.15. The average molecular weight is 293 g/mol. The second-order valence-electron chi connectivity index (χ2n) is 3.80. The highest BCUT2D eigenvalue weighted by molar-refractivity contribution is 7.17. The molecular formula is C11H11N5O3S. The van der Waals surface area contributed by atoms with Crippen LogP contribution in [0.1, 0.15) is 9.80 Å². The summed E-state index contributed by atoms with van der Waals surface area (Å²) in [4.78, 5) is 23.6. The highest BCUT2D eigenvalue weighted by Crippen LogP contribution is 2.22. The number of rotatable bonds is 4. The van der Waals surface area contributed by atoms with Crippen molar-refractivity contribution in [3.8, 4) is 0 Å². The van der Waals surface area contributed by atoms with E-state index >= 15 is 0 Å². The quantitative estimate of drug-likeness (QED) is 0.681. The van der Waals surface area contributed by atoms with E-state index < -0.39 is 4.92 Å². The molecule has 1 N–H and O–H groups in total. The summed E-state index contributed by atoms with van der Waals surface area (Å²) in [6.07, 6.45) is 0. The minimum Gasteiger partial charge on any atom is -0.363 e. The molecular weight excluding hydrogens is 282 g/mol. The minimum absolute atomic E-state index is 0.0250. The van der Waals surface area contributed by atoms with Crippen molar-refractivity contribution in [2.45, 2.75) is 0 Å². The summed E-state index contributed by atoms with van der Waals surface area (Å²) in [5.74, 6) is -0.321. The predicted octanol–water partition coefficient (Wildman–Crippen LogP) is 1.76.